The van der Waals surface area contributed by atoms with Crippen LogP contribution in [0.25, 0.3) is 5.69 Å². The average molecular weight is 427 g/mol. The molecule has 0 unspecified atom stereocenters. The minimum atomic E-state index is 0.0695. The Hall–Kier alpha value is -0.631. The van der Waals surface area contributed by atoms with Crippen LogP contribution in [0.15, 0.2) is 36.7 Å². The average Bonchev–Trinajstić information content (AvgIpc) is 2.82. The summed E-state index contributed by atoms with van der Waals surface area (Å²) in [5.74, 6) is 0. The van der Waals surface area contributed by atoms with E-state index in [-0.39, 0.29) is 5.54 Å². The first-order valence-electron chi connectivity index (χ1n) is 5.20. The maximum atomic E-state index is 4.64. The van der Waals surface area contributed by atoms with Gasteiger partial charge in [0.05, 0.1) is 5.54 Å². The van der Waals surface area contributed by atoms with Crippen molar-refractivity contribution in [2.24, 2.45) is 0 Å². The molecule has 0 saturated heterocycles. The molecule has 0 aliphatic carbocycles. The van der Waals surface area contributed by atoms with E-state index in [1.807, 2.05) is 41.2 Å². The predicted molar refractivity (Wildman–Crippen MR) is 64.5 cm³/mol. The Bertz CT molecular complexity index is 446. The molecule has 0 radical (unpaired) electrons. The molecule has 0 aliphatic rings. The zero-order valence-corrected chi connectivity index (χ0v) is 13.2. The van der Waals surface area contributed by atoms with Gasteiger partial charge >= 0.3 is 27.5 Å². The number of halogens is 1. The molecule has 2 aromatic rings. The van der Waals surface area contributed by atoms with Gasteiger partial charge in [-0.2, -0.15) is 30.3 Å². The van der Waals surface area contributed by atoms with Crippen LogP contribution in [0, 0.1) is 12.4 Å². The SMILES string of the molecule is CC(C)(C)[n+]1[c-]n(-c2[c-]cccc2)cc1.[Cl][Ir+2]. The summed E-state index contributed by atoms with van der Waals surface area (Å²) >= 11 is 1.47. The van der Waals surface area contributed by atoms with Crippen LogP contribution < -0.4 is 4.57 Å². The van der Waals surface area contributed by atoms with Gasteiger partial charge in [-0.15, -0.1) is 0 Å². The number of hydrogen-bond acceptors (Lipinski definition) is 0. The number of rotatable bonds is 1. The molecule has 1 heterocycles. The first kappa shape index (κ1) is 14.4. The Morgan fingerprint density at radius 3 is 2.47 bits per heavy atom. The van der Waals surface area contributed by atoms with Gasteiger partial charge in [0, 0.05) is 12.4 Å². The van der Waals surface area contributed by atoms with Crippen LogP contribution in [0.4, 0.5) is 0 Å². The van der Waals surface area contributed by atoms with E-state index < -0.39 is 0 Å². The molecule has 0 saturated carbocycles. The number of hydrogen-bond donors (Lipinski definition) is 0. The molecule has 0 amide bonds. The van der Waals surface area contributed by atoms with Gasteiger partial charge in [-0.25, -0.2) is 0 Å². The normalized spacial score (nSPS) is 10.6. The Labute approximate surface area is 117 Å². The van der Waals surface area contributed by atoms with Gasteiger partial charge < -0.3 is 9.13 Å². The molecule has 2 nitrogen and oxygen atoms in total. The van der Waals surface area contributed by atoms with E-state index in [0.29, 0.717) is 0 Å². The van der Waals surface area contributed by atoms with Crippen molar-refractivity contribution in [1.82, 2.24) is 4.57 Å². The van der Waals surface area contributed by atoms with Gasteiger partial charge in [-0.05, 0) is 20.8 Å². The maximum absolute atomic E-state index is 4.64. The number of benzene rings is 1. The summed E-state index contributed by atoms with van der Waals surface area (Å²) in [5.41, 5.74) is 1.08. The second kappa shape index (κ2) is 6.34. The van der Waals surface area contributed by atoms with Gasteiger partial charge in [-0.3, -0.25) is 0 Å². The van der Waals surface area contributed by atoms with Crippen molar-refractivity contribution in [3.05, 3.63) is 49.1 Å². The van der Waals surface area contributed by atoms with Crippen molar-refractivity contribution in [1.29, 1.82) is 0 Å². The second-order valence-corrected chi connectivity index (χ2v) is 4.56. The molecule has 2 rings (SSSR count). The number of para-hydroxylation sites is 1. The molecule has 92 valence electrons. The second-order valence-electron chi connectivity index (χ2n) is 4.56. The van der Waals surface area contributed by atoms with Crippen molar-refractivity contribution in [3.8, 4) is 5.69 Å². The van der Waals surface area contributed by atoms with Crippen molar-refractivity contribution < 1.29 is 22.5 Å². The van der Waals surface area contributed by atoms with Crippen LogP contribution in [-0.4, -0.2) is 4.57 Å². The van der Waals surface area contributed by atoms with Crippen molar-refractivity contribution >= 4 is 9.58 Å². The summed E-state index contributed by atoms with van der Waals surface area (Å²) in [6.45, 7) is 6.47. The third-order valence-corrected chi connectivity index (χ3v) is 2.26. The summed E-state index contributed by atoms with van der Waals surface area (Å²) in [6, 6.07) is 11.1. The van der Waals surface area contributed by atoms with E-state index in [4.69, 9.17) is 0 Å². The van der Waals surface area contributed by atoms with Gasteiger partial charge in [-0.1, -0.05) is 5.69 Å². The quantitative estimate of drug-likeness (QED) is 0.490. The van der Waals surface area contributed by atoms with Crippen molar-refractivity contribution in [3.63, 3.8) is 0 Å². The third kappa shape index (κ3) is 3.95. The number of aromatic nitrogens is 2. The molecule has 0 fully saturated rings. The van der Waals surface area contributed by atoms with E-state index >= 15 is 0 Å². The molecule has 0 aliphatic heterocycles. The Balaban J connectivity index is 0.000000686. The monoisotopic (exact) mass is 427 g/mol. The molecule has 1 aromatic carbocycles. The first-order chi connectivity index (χ1) is 8.07. The molecule has 0 spiro atoms. The Morgan fingerprint density at radius 1 is 1.29 bits per heavy atom. The summed E-state index contributed by atoms with van der Waals surface area (Å²) in [6.07, 6.45) is 7.30. The molecule has 4 heteroatoms. The van der Waals surface area contributed by atoms with Gasteiger partial charge in [0.1, 0.15) is 0 Å². The fourth-order valence-electron chi connectivity index (χ4n) is 1.36. The van der Waals surface area contributed by atoms with E-state index in [1.54, 1.807) is 0 Å². The summed E-state index contributed by atoms with van der Waals surface area (Å²) in [7, 11) is 4.64. The Morgan fingerprint density at radius 2 is 2.00 bits per heavy atom. The van der Waals surface area contributed by atoms with Crippen LogP contribution in [-0.2, 0) is 23.4 Å². The predicted octanol–water partition coefficient (Wildman–Crippen LogP) is 2.81. The molecular formula is C13H15ClIrN2+. The Kier molecular flexibility index (Phi) is 5.38. The van der Waals surface area contributed by atoms with Crippen LogP contribution in [0.3, 0.4) is 0 Å². The van der Waals surface area contributed by atoms with Crippen LogP contribution in [0.2, 0.25) is 0 Å². The molecular weight excluding hydrogens is 412 g/mol. The van der Waals surface area contributed by atoms with E-state index in [2.05, 4.69) is 47.3 Å². The minimum absolute atomic E-state index is 0.0695. The van der Waals surface area contributed by atoms with E-state index in [9.17, 15) is 0 Å². The van der Waals surface area contributed by atoms with Crippen LogP contribution in [0.1, 0.15) is 20.8 Å². The molecule has 0 N–H and O–H groups in total. The fourth-order valence-corrected chi connectivity index (χ4v) is 1.36. The van der Waals surface area contributed by atoms with Crippen LogP contribution in [0.5, 0.6) is 0 Å². The fraction of sp³-hybridized carbons (Fsp3) is 0.308. The third-order valence-electron chi connectivity index (χ3n) is 2.26. The number of nitrogens with zero attached hydrogens (tertiary/aromatic N) is 2. The topological polar surface area (TPSA) is 8.81 Å². The standard InChI is InChI=1S/C13H15N2.ClH.Ir/c1-13(2,3)15-10-9-14(11-15)12-7-5-4-6-8-12;;/h4-7,9-10H,1-3H3;1H;/q-1;;+3/p-1. The summed E-state index contributed by atoms with van der Waals surface area (Å²) in [4.78, 5) is 0. The first-order valence-corrected chi connectivity index (χ1v) is 8.17. The van der Waals surface area contributed by atoms with Crippen LogP contribution >= 0.6 is 9.58 Å². The molecule has 0 atom stereocenters. The summed E-state index contributed by atoms with van der Waals surface area (Å²) in [5, 5.41) is 0. The van der Waals surface area contributed by atoms with Crippen molar-refractivity contribution in [2.45, 2.75) is 26.3 Å². The zero-order chi connectivity index (χ0) is 12.9. The van der Waals surface area contributed by atoms with E-state index in [1.165, 1.54) is 17.9 Å². The molecule has 1 aromatic heterocycles. The number of imidazole rings is 1. The van der Waals surface area contributed by atoms with Crippen molar-refractivity contribution in [2.75, 3.05) is 0 Å². The summed E-state index contributed by atoms with van der Waals surface area (Å²) < 4.78 is 4.01. The molecule has 17 heavy (non-hydrogen) atoms. The zero-order valence-electron chi connectivity index (χ0n) is 10.1. The molecule has 0 bridgehead atoms. The van der Waals surface area contributed by atoms with Gasteiger partial charge in [0.15, 0.2) is 0 Å². The van der Waals surface area contributed by atoms with Gasteiger partial charge in [0.2, 0.25) is 6.33 Å². The van der Waals surface area contributed by atoms with E-state index in [0.717, 1.165) is 5.69 Å². The van der Waals surface area contributed by atoms with Gasteiger partial charge in [0.25, 0.3) is 0 Å².